The number of fused-ring (bicyclic) bond motifs is 1. The minimum Gasteiger partial charge on any atom is -0.313 e. The highest BCUT2D eigenvalue weighted by Gasteiger charge is 2.41. The van der Waals surface area contributed by atoms with E-state index in [4.69, 9.17) is 0 Å². The van der Waals surface area contributed by atoms with Crippen LogP contribution >= 0.6 is 0 Å². The van der Waals surface area contributed by atoms with Gasteiger partial charge in [0, 0.05) is 38.2 Å². The van der Waals surface area contributed by atoms with Crippen LogP contribution < -0.4 is 9.80 Å². The van der Waals surface area contributed by atoms with E-state index in [-0.39, 0.29) is 23.7 Å². The van der Waals surface area contributed by atoms with Crippen LogP contribution in [0.3, 0.4) is 0 Å². The van der Waals surface area contributed by atoms with E-state index in [9.17, 15) is 40.3 Å². The minimum absolute atomic E-state index is 0.0140. The summed E-state index contributed by atoms with van der Waals surface area (Å²) >= 11 is 0. The van der Waals surface area contributed by atoms with Crippen molar-refractivity contribution in [3.05, 3.63) is 76.7 Å². The van der Waals surface area contributed by atoms with Gasteiger partial charge in [0.15, 0.2) is 0 Å². The molecule has 0 unspecified atom stereocenters. The third-order valence-corrected chi connectivity index (χ3v) is 8.95. The Bertz CT molecular complexity index is 1640. The molecule has 2 aliphatic rings. The molecule has 1 aromatic heterocycles. The first-order valence-electron chi connectivity index (χ1n) is 14.8. The van der Waals surface area contributed by atoms with E-state index in [1.165, 1.54) is 45.3 Å². The Kier molecular flexibility index (Phi) is 8.69. The van der Waals surface area contributed by atoms with E-state index >= 15 is 0 Å². The summed E-state index contributed by atoms with van der Waals surface area (Å²) in [5.74, 6) is -1.13. The number of anilines is 2. The van der Waals surface area contributed by atoms with Crippen molar-refractivity contribution in [2.24, 2.45) is 0 Å². The van der Waals surface area contributed by atoms with Gasteiger partial charge in [-0.25, -0.2) is 9.37 Å². The molecule has 0 N–H and O–H groups in total. The molecule has 2 fully saturated rings. The fourth-order valence-electron chi connectivity index (χ4n) is 6.29. The van der Waals surface area contributed by atoms with Crippen molar-refractivity contribution in [2.45, 2.75) is 63.8 Å². The van der Waals surface area contributed by atoms with Crippen LogP contribution in [0.5, 0.6) is 0 Å². The lowest BCUT2D eigenvalue weighted by atomic mass is 9.81. The van der Waals surface area contributed by atoms with E-state index in [0.717, 1.165) is 24.3 Å². The second-order valence-electron chi connectivity index (χ2n) is 12.4. The maximum atomic E-state index is 14.1. The molecule has 5 rings (SSSR count). The zero-order valence-corrected chi connectivity index (χ0v) is 25.7. The molecule has 46 heavy (non-hydrogen) atoms. The van der Waals surface area contributed by atoms with E-state index in [1.807, 2.05) is 0 Å². The highest BCUT2D eigenvalue weighted by molar-refractivity contribution is 6.04. The van der Waals surface area contributed by atoms with Gasteiger partial charge in [-0.1, -0.05) is 6.07 Å². The molecule has 0 bridgehead atoms. The predicted octanol–water partition coefficient (Wildman–Crippen LogP) is 7.38. The van der Waals surface area contributed by atoms with Crippen LogP contribution in [0.1, 0.15) is 55.4 Å². The number of nitrogens with zero attached hydrogens (tertiary/aromatic N) is 4. The SMILES string of the molecule is Cc1cc(F)ccc1-c1cc(N2CCN3CCC[C@H]3CC2=O)ncc1N(C)C(=O)C(C)(C)c1cc(C(F)(F)F)cc(C(F)(F)F)c1. The van der Waals surface area contributed by atoms with Crippen molar-refractivity contribution < 1.29 is 40.3 Å². The number of amides is 2. The van der Waals surface area contributed by atoms with Gasteiger partial charge in [-0.05, 0) is 93.2 Å². The molecule has 246 valence electrons. The molecular weight excluding hydrogens is 617 g/mol. The molecule has 2 amide bonds. The summed E-state index contributed by atoms with van der Waals surface area (Å²) in [7, 11) is 1.34. The van der Waals surface area contributed by atoms with Crippen LogP contribution in [0, 0.1) is 12.7 Å². The predicted molar refractivity (Wildman–Crippen MR) is 159 cm³/mol. The second-order valence-corrected chi connectivity index (χ2v) is 12.4. The maximum absolute atomic E-state index is 14.1. The molecule has 6 nitrogen and oxygen atoms in total. The standard InChI is InChI=1S/C33H33F7N4O2/c1-19-12-23(34)7-8-25(19)26-17-28(44-11-10-43-9-5-6-24(43)16-29(44)45)41-18-27(26)42(4)30(46)31(2,3)20-13-21(32(35,36)37)15-22(14-20)33(38,39)40/h7-8,12-15,17-18,24H,5-6,9-11,16H2,1-4H3/t24-/m0/s1. The Labute approximate surface area is 261 Å². The molecule has 2 aromatic carbocycles. The van der Waals surface area contributed by atoms with Crippen molar-refractivity contribution in [2.75, 3.05) is 36.5 Å². The number of hydrogen-bond acceptors (Lipinski definition) is 4. The normalized spacial score (nSPS) is 18.0. The summed E-state index contributed by atoms with van der Waals surface area (Å²) in [6.45, 7) is 6.07. The van der Waals surface area contributed by atoms with E-state index in [0.29, 0.717) is 54.2 Å². The minimum atomic E-state index is -5.09. The Morgan fingerprint density at radius 1 is 0.891 bits per heavy atom. The lowest BCUT2D eigenvalue weighted by Gasteiger charge is -2.32. The summed E-state index contributed by atoms with van der Waals surface area (Å²) < 4.78 is 95.9. The van der Waals surface area contributed by atoms with Crippen molar-refractivity contribution in [3.8, 4) is 11.1 Å². The van der Waals surface area contributed by atoms with E-state index in [1.54, 1.807) is 17.9 Å². The maximum Gasteiger partial charge on any atom is 0.416 e. The molecule has 2 saturated heterocycles. The number of likely N-dealkylation sites (N-methyl/N-ethyl adjacent to an activating group) is 1. The Balaban J connectivity index is 1.58. The third kappa shape index (κ3) is 6.47. The third-order valence-electron chi connectivity index (χ3n) is 8.95. The number of halogens is 7. The quantitative estimate of drug-likeness (QED) is 0.271. The monoisotopic (exact) mass is 650 g/mol. The van der Waals surface area contributed by atoms with Gasteiger partial charge in [-0.2, -0.15) is 26.3 Å². The zero-order chi connectivity index (χ0) is 33.8. The first kappa shape index (κ1) is 33.4. The van der Waals surface area contributed by atoms with Crippen molar-refractivity contribution in [3.63, 3.8) is 0 Å². The molecule has 0 saturated carbocycles. The number of hydrogen-bond donors (Lipinski definition) is 0. The van der Waals surface area contributed by atoms with Crippen LogP contribution in [0.15, 0.2) is 48.7 Å². The fraction of sp³-hybridized carbons (Fsp3) is 0.424. The fourth-order valence-corrected chi connectivity index (χ4v) is 6.29. The molecule has 0 aliphatic carbocycles. The molecular formula is C33H33F7N4O2. The molecule has 3 heterocycles. The number of carbonyl (C=O) groups is 2. The average Bonchev–Trinajstić information content (AvgIpc) is 3.35. The van der Waals surface area contributed by atoms with Gasteiger partial charge < -0.3 is 4.90 Å². The summed E-state index contributed by atoms with van der Waals surface area (Å²) in [6.07, 6.45) is -6.58. The van der Waals surface area contributed by atoms with Crippen LogP contribution in [0.4, 0.5) is 42.2 Å². The van der Waals surface area contributed by atoms with E-state index < -0.39 is 46.2 Å². The van der Waals surface area contributed by atoms with Gasteiger partial charge >= 0.3 is 12.4 Å². The number of benzene rings is 2. The first-order chi connectivity index (χ1) is 21.4. The van der Waals surface area contributed by atoms with Gasteiger partial charge in [-0.15, -0.1) is 0 Å². The topological polar surface area (TPSA) is 56.8 Å². The van der Waals surface area contributed by atoms with Crippen LogP contribution in [0.2, 0.25) is 0 Å². The summed E-state index contributed by atoms with van der Waals surface area (Å²) in [5, 5.41) is 0. The first-order valence-corrected chi connectivity index (χ1v) is 14.8. The number of rotatable bonds is 5. The molecule has 3 aromatic rings. The Morgan fingerprint density at radius 3 is 2.13 bits per heavy atom. The molecule has 1 atom stereocenters. The average molecular weight is 651 g/mol. The Hall–Kier alpha value is -4.00. The molecule has 2 aliphatic heterocycles. The molecule has 13 heteroatoms. The number of carbonyl (C=O) groups excluding carboxylic acids is 2. The number of aromatic nitrogens is 1. The highest BCUT2D eigenvalue weighted by atomic mass is 19.4. The van der Waals surface area contributed by atoms with Crippen LogP contribution in [0.25, 0.3) is 11.1 Å². The van der Waals surface area contributed by atoms with Gasteiger partial charge in [0.2, 0.25) is 11.8 Å². The van der Waals surface area contributed by atoms with Crippen molar-refractivity contribution in [1.82, 2.24) is 9.88 Å². The largest absolute Gasteiger partial charge is 0.416 e. The van der Waals surface area contributed by atoms with Gasteiger partial charge in [-0.3, -0.25) is 19.4 Å². The Morgan fingerprint density at radius 2 is 1.52 bits per heavy atom. The lowest BCUT2D eigenvalue weighted by Crippen LogP contribution is -2.42. The molecule has 0 spiro atoms. The summed E-state index contributed by atoms with van der Waals surface area (Å²) in [6, 6.07) is 6.87. The summed E-state index contributed by atoms with van der Waals surface area (Å²) in [5.41, 5.74) is -3.86. The number of aryl methyl sites for hydroxylation is 1. The van der Waals surface area contributed by atoms with Gasteiger partial charge in [0.25, 0.3) is 0 Å². The van der Waals surface area contributed by atoms with Crippen molar-refractivity contribution >= 4 is 23.3 Å². The summed E-state index contributed by atoms with van der Waals surface area (Å²) in [4.78, 5) is 36.8. The number of pyridine rings is 1. The number of alkyl halides is 6. The highest BCUT2D eigenvalue weighted by Crippen LogP contribution is 2.41. The van der Waals surface area contributed by atoms with Crippen LogP contribution in [-0.2, 0) is 27.4 Å². The lowest BCUT2D eigenvalue weighted by molar-refractivity contribution is -0.143. The van der Waals surface area contributed by atoms with Crippen molar-refractivity contribution in [1.29, 1.82) is 0 Å². The zero-order valence-electron chi connectivity index (χ0n) is 25.7. The van der Waals surface area contributed by atoms with Gasteiger partial charge in [0.05, 0.1) is 28.4 Å². The smallest absolute Gasteiger partial charge is 0.313 e. The van der Waals surface area contributed by atoms with Crippen LogP contribution in [-0.4, -0.2) is 54.4 Å². The van der Waals surface area contributed by atoms with Gasteiger partial charge in [0.1, 0.15) is 11.6 Å². The second kappa shape index (κ2) is 12.0. The molecule has 0 radical (unpaired) electrons. The van der Waals surface area contributed by atoms with E-state index in [2.05, 4.69) is 9.88 Å².